The molecule has 0 radical (unpaired) electrons. The lowest BCUT2D eigenvalue weighted by Crippen LogP contribution is -2.46. The number of nitrogens with one attached hydrogen (secondary N) is 1. The van der Waals surface area contributed by atoms with Crippen molar-refractivity contribution >= 4 is 21.8 Å². The Labute approximate surface area is 129 Å². The molecule has 0 aromatic heterocycles. The number of carbonyl (C=O) groups is 1. The Morgan fingerprint density at radius 2 is 1.95 bits per heavy atom. The second kappa shape index (κ2) is 8.06. The third-order valence-electron chi connectivity index (χ3n) is 2.78. The summed E-state index contributed by atoms with van der Waals surface area (Å²) in [6.07, 6.45) is 0. The summed E-state index contributed by atoms with van der Waals surface area (Å²) in [6, 6.07) is 5.38. The van der Waals surface area contributed by atoms with E-state index in [0.29, 0.717) is 6.61 Å². The normalized spacial score (nSPS) is 11.5. The van der Waals surface area contributed by atoms with Crippen molar-refractivity contribution in [2.24, 2.45) is 0 Å². The molecule has 124 valence electrons. The minimum atomic E-state index is -4.01. The van der Waals surface area contributed by atoms with Gasteiger partial charge in [-0.15, -0.1) is 0 Å². The van der Waals surface area contributed by atoms with Crippen LogP contribution >= 0.6 is 0 Å². The zero-order valence-corrected chi connectivity index (χ0v) is 13.6. The van der Waals surface area contributed by atoms with Crippen LogP contribution in [0.1, 0.15) is 0 Å². The third kappa shape index (κ3) is 4.65. The summed E-state index contributed by atoms with van der Waals surface area (Å²) in [5, 5.41) is 2.50. The minimum Gasteiger partial charge on any atom is -0.383 e. The first-order valence-electron chi connectivity index (χ1n) is 6.51. The number of anilines is 1. The highest BCUT2D eigenvalue weighted by Gasteiger charge is 2.29. The van der Waals surface area contributed by atoms with Gasteiger partial charge in [-0.2, -0.15) is 12.7 Å². The van der Waals surface area contributed by atoms with Crippen LogP contribution in [0, 0.1) is 5.82 Å². The molecule has 0 heterocycles. The zero-order chi connectivity index (χ0) is 16.8. The fourth-order valence-corrected chi connectivity index (χ4v) is 2.69. The van der Waals surface area contributed by atoms with Crippen molar-refractivity contribution in [1.29, 1.82) is 0 Å². The Kier molecular flexibility index (Phi) is 6.72. The van der Waals surface area contributed by atoms with Gasteiger partial charge in [0.1, 0.15) is 12.4 Å². The molecule has 0 aliphatic carbocycles. The Balaban J connectivity index is 3.04. The standard InChI is InChI=1S/C13H20FN3O4S/c1-16(2)22(19,20)17(10-13(18)15-8-9-21-3)12-7-5-4-6-11(12)14/h4-7H,8-10H2,1-3H3,(H,15,18). The molecule has 1 rings (SSSR count). The number of para-hydroxylation sites is 1. The van der Waals surface area contributed by atoms with Gasteiger partial charge in [0.25, 0.3) is 0 Å². The quantitative estimate of drug-likeness (QED) is 0.690. The summed E-state index contributed by atoms with van der Waals surface area (Å²) >= 11 is 0. The molecule has 0 fully saturated rings. The maximum absolute atomic E-state index is 13.9. The van der Waals surface area contributed by atoms with Crippen LogP contribution in [0.5, 0.6) is 0 Å². The molecule has 0 atom stereocenters. The van der Waals surface area contributed by atoms with E-state index in [1.54, 1.807) is 0 Å². The van der Waals surface area contributed by atoms with Gasteiger partial charge in [0.05, 0.1) is 12.3 Å². The van der Waals surface area contributed by atoms with Crippen molar-refractivity contribution < 1.29 is 22.3 Å². The molecule has 0 aliphatic rings. The van der Waals surface area contributed by atoms with E-state index in [9.17, 15) is 17.6 Å². The van der Waals surface area contributed by atoms with Gasteiger partial charge >= 0.3 is 10.2 Å². The first-order valence-corrected chi connectivity index (χ1v) is 7.90. The first-order chi connectivity index (χ1) is 10.3. The molecule has 1 N–H and O–H groups in total. The Bertz CT molecular complexity index is 607. The van der Waals surface area contributed by atoms with Gasteiger partial charge < -0.3 is 10.1 Å². The molecule has 0 saturated heterocycles. The number of carbonyl (C=O) groups excluding carboxylic acids is 1. The summed E-state index contributed by atoms with van der Waals surface area (Å²) in [4.78, 5) is 11.9. The molecule has 0 spiro atoms. The van der Waals surface area contributed by atoms with E-state index in [1.165, 1.54) is 39.4 Å². The number of halogens is 1. The Morgan fingerprint density at radius 1 is 1.32 bits per heavy atom. The largest absolute Gasteiger partial charge is 0.383 e. The number of nitrogens with zero attached hydrogens (tertiary/aromatic N) is 2. The molecular weight excluding hydrogens is 313 g/mol. The number of amides is 1. The average molecular weight is 333 g/mol. The van der Waals surface area contributed by atoms with Crippen molar-refractivity contribution in [3.05, 3.63) is 30.1 Å². The van der Waals surface area contributed by atoms with Crippen LogP contribution in [-0.4, -0.2) is 59.5 Å². The summed E-state index contributed by atoms with van der Waals surface area (Å²) in [7, 11) is 0.0979. The molecule has 1 aromatic carbocycles. The van der Waals surface area contributed by atoms with Crippen molar-refractivity contribution in [2.45, 2.75) is 0 Å². The number of rotatable bonds is 8. The molecule has 7 nitrogen and oxygen atoms in total. The van der Waals surface area contributed by atoms with Crippen molar-refractivity contribution in [2.75, 3.05) is 45.2 Å². The van der Waals surface area contributed by atoms with Crippen molar-refractivity contribution in [3.8, 4) is 0 Å². The second-order valence-electron chi connectivity index (χ2n) is 4.59. The topological polar surface area (TPSA) is 79.0 Å². The van der Waals surface area contributed by atoms with E-state index in [4.69, 9.17) is 4.74 Å². The molecular formula is C13H20FN3O4S. The highest BCUT2D eigenvalue weighted by Crippen LogP contribution is 2.22. The van der Waals surface area contributed by atoms with E-state index in [0.717, 1.165) is 14.7 Å². The number of hydrogen-bond acceptors (Lipinski definition) is 4. The molecule has 22 heavy (non-hydrogen) atoms. The van der Waals surface area contributed by atoms with E-state index in [1.807, 2.05) is 0 Å². The molecule has 0 saturated carbocycles. The summed E-state index contributed by atoms with van der Waals surface area (Å²) in [5.74, 6) is -1.27. The second-order valence-corrected chi connectivity index (χ2v) is 6.66. The third-order valence-corrected chi connectivity index (χ3v) is 4.58. The Hall–Kier alpha value is -1.71. The smallest absolute Gasteiger partial charge is 0.304 e. The molecule has 0 aliphatic heterocycles. The number of methoxy groups -OCH3 is 1. The summed E-state index contributed by atoms with van der Waals surface area (Å²) in [5.41, 5.74) is -0.182. The Morgan fingerprint density at radius 3 is 2.50 bits per heavy atom. The van der Waals surface area contributed by atoms with E-state index >= 15 is 0 Å². The number of benzene rings is 1. The first kappa shape index (κ1) is 18.3. The van der Waals surface area contributed by atoms with Crippen LogP contribution in [0.2, 0.25) is 0 Å². The highest BCUT2D eigenvalue weighted by molar-refractivity contribution is 7.90. The van der Waals surface area contributed by atoms with E-state index in [2.05, 4.69) is 5.32 Å². The van der Waals surface area contributed by atoms with Gasteiger partial charge in [-0.25, -0.2) is 8.70 Å². The fourth-order valence-electron chi connectivity index (χ4n) is 1.62. The van der Waals surface area contributed by atoms with Gasteiger partial charge in [-0.05, 0) is 12.1 Å². The van der Waals surface area contributed by atoms with Crippen LogP contribution in [0.4, 0.5) is 10.1 Å². The van der Waals surface area contributed by atoms with Crippen LogP contribution in [-0.2, 0) is 19.7 Å². The van der Waals surface area contributed by atoms with Gasteiger partial charge in [-0.3, -0.25) is 4.79 Å². The van der Waals surface area contributed by atoms with Gasteiger partial charge in [0.15, 0.2) is 0 Å². The molecule has 9 heteroatoms. The van der Waals surface area contributed by atoms with Gasteiger partial charge in [0, 0.05) is 27.7 Å². The van der Waals surface area contributed by atoms with E-state index < -0.39 is 28.5 Å². The van der Waals surface area contributed by atoms with Crippen molar-refractivity contribution in [3.63, 3.8) is 0 Å². The predicted octanol–water partition coefficient (Wildman–Crippen LogP) is 0.201. The van der Waals surface area contributed by atoms with Crippen LogP contribution in [0.25, 0.3) is 0 Å². The van der Waals surface area contributed by atoms with Gasteiger partial charge in [-0.1, -0.05) is 12.1 Å². The van der Waals surface area contributed by atoms with Crippen LogP contribution in [0.15, 0.2) is 24.3 Å². The van der Waals surface area contributed by atoms with Crippen LogP contribution in [0.3, 0.4) is 0 Å². The zero-order valence-electron chi connectivity index (χ0n) is 12.7. The maximum atomic E-state index is 13.9. The highest BCUT2D eigenvalue weighted by atomic mass is 32.2. The predicted molar refractivity (Wildman–Crippen MR) is 81.2 cm³/mol. The summed E-state index contributed by atoms with van der Waals surface area (Å²) in [6.45, 7) is 0.0134. The van der Waals surface area contributed by atoms with E-state index in [-0.39, 0.29) is 12.2 Å². The number of ether oxygens (including phenoxy) is 1. The lowest BCUT2D eigenvalue weighted by molar-refractivity contribution is -0.119. The summed E-state index contributed by atoms with van der Waals surface area (Å²) < 4.78 is 45.0. The average Bonchev–Trinajstić information content (AvgIpc) is 2.45. The number of hydrogen-bond donors (Lipinski definition) is 1. The lowest BCUT2D eigenvalue weighted by Gasteiger charge is -2.27. The maximum Gasteiger partial charge on any atom is 0.304 e. The minimum absolute atomic E-state index is 0.182. The lowest BCUT2D eigenvalue weighted by atomic mass is 10.3. The molecule has 1 amide bonds. The monoisotopic (exact) mass is 333 g/mol. The SMILES string of the molecule is COCCNC(=O)CN(c1ccccc1F)S(=O)(=O)N(C)C. The van der Waals surface area contributed by atoms with Crippen LogP contribution < -0.4 is 9.62 Å². The van der Waals surface area contributed by atoms with Crippen molar-refractivity contribution in [1.82, 2.24) is 9.62 Å². The molecule has 0 bridgehead atoms. The molecule has 0 unspecified atom stereocenters. The van der Waals surface area contributed by atoms with Gasteiger partial charge in [0.2, 0.25) is 5.91 Å². The fraction of sp³-hybridized carbons (Fsp3) is 0.462. The molecule has 1 aromatic rings.